The molecule has 0 amide bonds. The Morgan fingerprint density at radius 1 is 0.913 bits per heavy atom. The normalized spacial score (nSPS) is 19.5. The first-order chi connectivity index (χ1) is 11.4. The molecule has 0 aromatic carbocycles. The number of nitrogens with zero attached hydrogens (tertiary/aromatic N) is 1. The van der Waals surface area contributed by atoms with E-state index in [9.17, 15) is 0 Å². The summed E-state index contributed by atoms with van der Waals surface area (Å²) in [5.74, 6) is 0. The Balaban J connectivity index is 0.00000112. The first kappa shape index (κ1) is 24.4. The quantitative estimate of drug-likeness (QED) is 0.165. The van der Waals surface area contributed by atoms with E-state index in [0.29, 0.717) is 0 Å². The summed E-state index contributed by atoms with van der Waals surface area (Å²) in [6, 6.07) is 0. The molecule has 0 spiro atoms. The minimum atomic E-state index is -0.127. The third-order valence-electron chi connectivity index (χ3n) is 5.10. The van der Waals surface area contributed by atoms with Crippen molar-refractivity contribution in [3.05, 3.63) is 5.32 Å². The van der Waals surface area contributed by atoms with Crippen molar-refractivity contribution in [3.8, 4) is 0 Å². The van der Waals surface area contributed by atoms with Crippen LogP contribution in [0.3, 0.4) is 0 Å². The number of hydrogen-bond acceptors (Lipinski definition) is 1. The molecule has 2 aliphatic rings. The maximum atomic E-state index is 7.75. The Morgan fingerprint density at radius 3 is 1.74 bits per heavy atom. The van der Waals surface area contributed by atoms with Crippen LogP contribution in [0.1, 0.15) is 64.2 Å². The molecule has 0 aromatic heterocycles. The topological polar surface area (TPSA) is 31.2 Å². The van der Waals surface area contributed by atoms with Crippen LogP contribution >= 0.6 is 26.9 Å². The second-order valence-corrected chi connectivity index (χ2v) is 10.3. The van der Waals surface area contributed by atoms with Gasteiger partial charge in [0.1, 0.15) is 0 Å². The van der Waals surface area contributed by atoms with Crippen LogP contribution < -0.4 is 0 Å². The fraction of sp³-hybridized carbons (Fsp3) is 0.941. The second-order valence-electron chi connectivity index (χ2n) is 6.45. The van der Waals surface area contributed by atoms with Gasteiger partial charge in [-0.15, -0.1) is 22.3 Å². The van der Waals surface area contributed by atoms with E-state index in [1.165, 1.54) is 51.2 Å². The minimum absolute atomic E-state index is 0.127. The monoisotopic (exact) mass is 468 g/mol. The molecular formula is C17H35ClNOP2Ru+. The predicted molar refractivity (Wildman–Crippen MR) is 109 cm³/mol. The van der Waals surface area contributed by atoms with Crippen LogP contribution in [0.4, 0.5) is 0 Å². The van der Waals surface area contributed by atoms with Gasteiger partial charge in [-0.1, -0.05) is 19.0 Å². The standard InChI is InChI=1S/C16H32NP2.CHO.ClH.Ru.H/c18-13-11-17-12-14-19(15-7-3-1-4-8-15)16-9-5-2-6-10-16;1-2;;;/h15-16H,1-14,18H2;1H;1H;;/q2*-1;;+3;. The van der Waals surface area contributed by atoms with E-state index in [1.54, 1.807) is 43.0 Å². The van der Waals surface area contributed by atoms with Crippen molar-refractivity contribution in [3.63, 3.8) is 0 Å². The van der Waals surface area contributed by atoms with E-state index in [2.05, 4.69) is 25.7 Å². The molecule has 0 aliphatic heterocycles. The van der Waals surface area contributed by atoms with Crippen molar-refractivity contribution in [1.29, 1.82) is 0 Å². The van der Waals surface area contributed by atoms with Crippen molar-refractivity contribution in [2.24, 2.45) is 0 Å². The van der Waals surface area contributed by atoms with Crippen LogP contribution in [-0.4, -0.2) is 43.5 Å². The van der Waals surface area contributed by atoms with Gasteiger partial charge >= 0.3 is 27.0 Å². The van der Waals surface area contributed by atoms with Gasteiger partial charge in [0.15, 0.2) is 0 Å². The number of carbonyl (C=O) groups excluding carboxylic acids is 1. The third kappa shape index (κ3) is 10.9. The van der Waals surface area contributed by atoms with Crippen molar-refractivity contribution in [2.45, 2.75) is 75.5 Å². The average Bonchev–Trinajstić information content (AvgIpc) is 2.66. The average molecular weight is 468 g/mol. The molecule has 6 heteroatoms. The Bertz CT molecular complexity index is 235. The van der Waals surface area contributed by atoms with E-state index < -0.39 is 0 Å². The zero-order valence-corrected chi connectivity index (χ0v) is 19.1. The van der Waals surface area contributed by atoms with Crippen LogP contribution in [0.5, 0.6) is 0 Å². The van der Waals surface area contributed by atoms with E-state index in [4.69, 9.17) is 10.1 Å². The molecule has 2 nitrogen and oxygen atoms in total. The summed E-state index contributed by atoms with van der Waals surface area (Å²) in [7, 11) is 7.28. The Morgan fingerprint density at radius 2 is 1.35 bits per heavy atom. The fourth-order valence-electron chi connectivity index (χ4n) is 4.10. The van der Waals surface area contributed by atoms with Crippen LogP contribution in [0.25, 0.3) is 5.32 Å². The Labute approximate surface area is 161 Å². The molecule has 2 rings (SSSR count). The number of hydrogen-bond donors (Lipinski definition) is 0. The second kappa shape index (κ2) is 18.2. The summed E-state index contributed by atoms with van der Waals surface area (Å²) in [5.41, 5.74) is 2.29. The molecule has 0 aromatic rings. The van der Waals surface area contributed by atoms with E-state index in [-0.39, 0.29) is 7.92 Å². The molecule has 2 saturated carbocycles. The molecular weight excluding hydrogens is 433 g/mol. The summed E-state index contributed by atoms with van der Waals surface area (Å²) in [6.07, 6.45) is 18.0. The molecule has 1 unspecified atom stereocenters. The van der Waals surface area contributed by atoms with Crippen molar-refractivity contribution in [1.82, 2.24) is 0 Å². The van der Waals surface area contributed by atoms with Crippen LogP contribution in [0, 0.1) is 0 Å². The fourth-order valence-corrected chi connectivity index (χ4v) is 8.48. The summed E-state index contributed by atoms with van der Waals surface area (Å²) >= 11 is 1.62. The molecule has 23 heavy (non-hydrogen) atoms. The molecule has 138 valence electrons. The van der Waals surface area contributed by atoms with Crippen LogP contribution in [0.15, 0.2) is 0 Å². The summed E-state index contributed by atoms with van der Waals surface area (Å²) in [4.78, 5) is 7.75. The van der Waals surface area contributed by atoms with Gasteiger partial charge < -0.3 is 10.1 Å². The SMILES string of the molecule is PCC[N-]CC[PH+](C1CCCCC1)C1CCCCC1.[CH-]=O.[Cl][RuH+2]. The van der Waals surface area contributed by atoms with Gasteiger partial charge in [-0.2, -0.15) is 0 Å². The van der Waals surface area contributed by atoms with Crippen molar-refractivity contribution < 1.29 is 22.1 Å². The van der Waals surface area contributed by atoms with Gasteiger partial charge in [0.25, 0.3) is 0 Å². The summed E-state index contributed by atoms with van der Waals surface area (Å²) < 4.78 is 0. The van der Waals surface area contributed by atoms with Gasteiger partial charge in [0.05, 0.1) is 11.3 Å². The molecule has 2 fully saturated rings. The molecule has 0 saturated heterocycles. The zero-order chi connectivity index (χ0) is 17.3. The molecule has 0 N–H and O–H groups in total. The third-order valence-corrected chi connectivity index (χ3v) is 9.42. The predicted octanol–water partition coefficient (Wildman–Crippen LogP) is 5.26. The van der Waals surface area contributed by atoms with Crippen molar-refractivity contribution in [2.75, 3.05) is 25.4 Å². The maximum absolute atomic E-state index is 7.75. The zero-order valence-electron chi connectivity index (χ0n) is 14.3. The van der Waals surface area contributed by atoms with E-state index in [0.717, 1.165) is 24.0 Å². The van der Waals surface area contributed by atoms with Crippen LogP contribution in [0.2, 0.25) is 0 Å². The molecule has 1 atom stereocenters. The van der Waals surface area contributed by atoms with Gasteiger partial charge in [0.2, 0.25) is 0 Å². The molecule has 0 radical (unpaired) electrons. The Hall–Kier alpha value is 1.40. The molecule has 2 aliphatic carbocycles. The summed E-state index contributed by atoms with van der Waals surface area (Å²) in [6.45, 7) is 5.49. The molecule has 0 heterocycles. The van der Waals surface area contributed by atoms with Gasteiger partial charge in [-0.3, -0.25) is 6.79 Å². The van der Waals surface area contributed by atoms with E-state index >= 15 is 0 Å². The van der Waals surface area contributed by atoms with Gasteiger partial charge in [-0.05, 0) is 51.4 Å². The van der Waals surface area contributed by atoms with Gasteiger partial charge in [0, 0.05) is 14.1 Å². The Kier molecular flexibility index (Phi) is 19.3. The first-order valence-corrected chi connectivity index (χ1v) is 14.1. The van der Waals surface area contributed by atoms with Gasteiger partial charge in [-0.25, -0.2) is 0 Å². The first-order valence-electron chi connectivity index (χ1n) is 8.98. The summed E-state index contributed by atoms with van der Waals surface area (Å²) in [5, 5.41) is 4.72. The van der Waals surface area contributed by atoms with Crippen LogP contribution in [-0.2, 0) is 22.1 Å². The molecule has 0 bridgehead atoms. The van der Waals surface area contributed by atoms with E-state index in [1.807, 2.05) is 0 Å². The number of halogens is 1. The number of rotatable bonds is 7. The van der Waals surface area contributed by atoms with Crippen molar-refractivity contribution >= 4 is 33.6 Å².